The van der Waals surface area contributed by atoms with Gasteiger partial charge in [0.15, 0.2) is 5.78 Å². The number of likely N-dealkylation sites (N-methyl/N-ethyl adjacent to an activating group) is 1. The summed E-state index contributed by atoms with van der Waals surface area (Å²) in [6.45, 7) is 1.78. The van der Waals surface area contributed by atoms with Crippen molar-refractivity contribution in [1.82, 2.24) is 10.2 Å². The van der Waals surface area contributed by atoms with Gasteiger partial charge in [0.25, 0.3) is 0 Å². The Hall–Kier alpha value is -1.69. The number of carbonyl (C=O) groups excluding carboxylic acids is 3. The van der Waals surface area contributed by atoms with Gasteiger partial charge in [-0.2, -0.15) is 0 Å². The summed E-state index contributed by atoms with van der Waals surface area (Å²) in [7, 11) is 1.77. The van der Waals surface area contributed by atoms with Crippen LogP contribution < -0.4 is 11.1 Å². The van der Waals surface area contributed by atoms with Crippen LogP contribution in [0.1, 0.15) is 13.3 Å². The van der Waals surface area contributed by atoms with Crippen molar-refractivity contribution in [3.8, 4) is 0 Å². The molecule has 0 bridgehead atoms. The Morgan fingerprint density at radius 3 is 2.47 bits per heavy atom. The molecule has 2 amide bonds. The number of ketones is 1. The van der Waals surface area contributed by atoms with Gasteiger partial charge in [-0.05, 0) is 26.5 Å². The molecule has 1 rings (SSSR count). The highest BCUT2D eigenvalue weighted by Gasteiger charge is 2.36. The second kappa shape index (κ2) is 5.58. The summed E-state index contributed by atoms with van der Waals surface area (Å²) < 4.78 is 0. The molecular formula is C11H17N3O3. The zero-order chi connectivity index (χ0) is 13.0. The molecule has 1 heterocycles. The topological polar surface area (TPSA) is 92.5 Å². The van der Waals surface area contributed by atoms with Gasteiger partial charge >= 0.3 is 0 Å². The number of allylic oxidation sites excluding steroid dienone is 1. The molecule has 0 aromatic rings. The van der Waals surface area contributed by atoms with E-state index in [4.69, 9.17) is 5.73 Å². The normalized spacial score (nSPS) is 24.2. The standard InChI is InChI=1S/C11H17N3O3/c1-7(15)3-4-10(16)14-6-8(13-2)5-9(14)11(12)17/h3-4,8-9,13H,5-6H2,1-2H3,(H2,12,17)/b4-3+/t8-,9-/m0/s1. The second-order valence-electron chi connectivity index (χ2n) is 4.07. The van der Waals surface area contributed by atoms with E-state index >= 15 is 0 Å². The summed E-state index contributed by atoms with van der Waals surface area (Å²) in [6.07, 6.45) is 2.87. The van der Waals surface area contributed by atoms with E-state index in [1.807, 2.05) is 0 Å². The van der Waals surface area contributed by atoms with Crippen molar-refractivity contribution < 1.29 is 14.4 Å². The monoisotopic (exact) mass is 239 g/mol. The van der Waals surface area contributed by atoms with Gasteiger partial charge in [0.05, 0.1) is 0 Å². The van der Waals surface area contributed by atoms with E-state index in [0.29, 0.717) is 13.0 Å². The quantitative estimate of drug-likeness (QED) is 0.603. The number of primary amides is 1. The predicted octanol–water partition coefficient (Wildman–Crippen LogP) is -1.19. The fraction of sp³-hybridized carbons (Fsp3) is 0.545. The summed E-state index contributed by atoms with van der Waals surface area (Å²) in [5.74, 6) is -1.09. The van der Waals surface area contributed by atoms with Crippen LogP contribution in [0.2, 0.25) is 0 Å². The zero-order valence-electron chi connectivity index (χ0n) is 9.97. The number of nitrogens with one attached hydrogen (secondary N) is 1. The lowest BCUT2D eigenvalue weighted by molar-refractivity contribution is -0.133. The molecule has 94 valence electrons. The summed E-state index contributed by atoms with van der Waals surface area (Å²) in [5.41, 5.74) is 5.25. The molecule has 1 aliphatic heterocycles. The average Bonchev–Trinajstić information content (AvgIpc) is 2.69. The van der Waals surface area contributed by atoms with Crippen LogP contribution in [0.5, 0.6) is 0 Å². The summed E-state index contributed by atoms with van der Waals surface area (Å²) in [6, 6.07) is -0.543. The van der Waals surface area contributed by atoms with Crippen molar-refractivity contribution >= 4 is 17.6 Å². The van der Waals surface area contributed by atoms with Crippen LogP contribution in [0.15, 0.2) is 12.2 Å². The van der Waals surface area contributed by atoms with Gasteiger partial charge in [-0.1, -0.05) is 0 Å². The minimum absolute atomic E-state index is 0.0576. The molecule has 17 heavy (non-hydrogen) atoms. The van der Waals surface area contributed by atoms with Gasteiger partial charge in [0, 0.05) is 18.7 Å². The van der Waals surface area contributed by atoms with Gasteiger partial charge in [-0.25, -0.2) is 0 Å². The molecule has 0 radical (unpaired) electrons. The SMILES string of the molecule is CN[C@H]1C[C@@H](C(N)=O)N(C(=O)/C=C/C(C)=O)C1. The minimum Gasteiger partial charge on any atom is -0.368 e. The number of hydrogen-bond acceptors (Lipinski definition) is 4. The Morgan fingerprint density at radius 2 is 2.00 bits per heavy atom. The highest BCUT2D eigenvalue weighted by atomic mass is 16.2. The van der Waals surface area contributed by atoms with Gasteiger partial charge in [0.1, 0.15) is 6.04 Å². The van der Waals surface area contributed by atoms with E-state index < -0.39 is 11.9 Å². The van der Waals surface area contributed by atoms with Gasteiger partial charge in [-0.15, -0.1) is 0 Å². The molecule has 0 spiro atoms. The van der Waals surface area contributed by atoms with Crippen molar-refractivity contribution in [2.24, 2.45) is 5.73 Å². The Morgan fingerprint density at radius 1 is 1.35 bits per heavy atom. The number of hydrogen-bond donors (Lipinski definition) is 2. The summed E-state index contributed by atoms with van der Waals surface area (Å²) in [4.78, 5) is 35.1. The Balaban J connectivity index is 2.76. The molecule has 0 aromatic carbocycles. The van der Waals surface area contributed by atoms with Crippen LogP contribution in [-0.4, -0.2) is 48.2 Å². The van der Waals surface area contributed by atoms with E-state index in [0.717, 1.165) is 0 Å². The molecule has 0 unspecified atom stereocenters. The number of nitrogens with zero attached hydrogens (tertiary/aromatic N) is 1. The molecule has 1 fully saturated rings. The van der Waals surface area contributed by atoms with Gasteiger partial charge in [0.2, 0.25) is 11.8 Å². The third-order valence-corrected chi connectivity index (χ3v) is 2.78. The van der Waals surface area contributed by atoms with Crippen molar-refractivity contribution in [3.05, 3.63) is 12.2 Å². The van der Waals surface area contributed by atoms with E-state index in [9.17, 15) is 14.4 Å². The Kier molecular flexibility index (Phi) is 4.39. The summed E-state index contributed by atoms with van der Waals surface area (Å²) in [5, 5.41) is 3.01. The molecule has 6 nitrogen and oxygen atoms in total. The third kappa shape index (κ3) is 3.39. The van der Waals surface area contributed by atoms with E-state index in [1.54, 1.807) is 7.05 Å². The number of rotatable bonds is 4. The lowest BCUT2D eigenvalue weighted by Gasteiger charge is -2.20. The average molecular weight is 239 g/mol. The van der Waals surface area contributed by atoms with Crippen LogP contribution in [0.25, 0.3) is 0 Å². The molecule has 2 atom stereocenters. The molecule has 0 aromatic heterocycles. The highest BCUT2D eigenvalue weighted by molar-refractivity contribution is 5.98. The van der Waals surface area contributed by atoms with Crippen LogP contribution in [0.3, 0.4) is 0 Å². The number of amides is 2. The Bertz CT molecular complexity index is 365. The number of nitrogens with two attached hydrogens (primary N) is 1. The first-order chi connectivity index (χ1) is 7.95. The lowest BCUT2D eigenvalue weighted by Crippen LogP contribution is -2.43. The first-order valence-electron chi connectivity index (χ1n) is 5.41. The molecule has 3 N–H and O–H groups in total. The van der Waals surface area contributed by atoms with Crippen molar-refractivity contribution in [3.63, 3.8) is 0 Å². The summed E-state index contributed by atoms with van der Waals surface area (Å²) >= 11 is 0. The highest BCUT2D eigenvalue weighted by Crippen LogP contribution is 2.17. The smallest absolute Gasteiger partial charge is 0.247 e. The second-order valence-corrected chi connectivity index (χ2v) is 4.07. The minimum atomic E-state index is -0.600. The van der Waals surface area contributed by atoms with E-state index in [1.165, 1.54) is 24.0 Å². The molecule has 0 saturated carbocycles. The molecule has 1 aliphatic rings. The van der Waals surface area contributed by atoms with Gasteiger partial charge in [-0.3, -0.25) is 14.4 Å². The van der Waals surface area contributed by atoms with E-state index in [-0.39, 0.29) is 17.7 Å². The van der Waals surface area contributed by atoms with Crippen molar-refractivity contribution in [2.45, 2.75) is 25.4 Å². The fourth-order valence-electron chi connectivity index (χ4n) is 1.84. The predicted molar refractivity (Wildman–Crippen MR) is 62.0 cm³/mol. The van der Waals surface area contributed by atoms with Crippen molar-refractivity contribution in [2.75, 3.05) is 13.6 Å². The maximum absolute atomic E-state index is 11.8. The van der Waals surface area contributed by atoms with Crippen LogP contribution in [-0.2, 0) is 14.4 Å². The maximum Gasteiger partial charge on any atom is 0.247 e. The first-order valence-corrected chi connectivity index (χ1v) is 5.41. The first kappa shape index (κ1) is 13.4. The molecular weight excluding hydrogens is 222 g/mol. The van der Waals surface area contributed by atoms with Crippen LogP contribution in [0, 0.1) is 0 Å². The van der Waals surface area contributed by atoms with Crippen LogP contribution in [0.4, 0.5) is 0 Å². The van der Waals surface area contributed by atoms with Gasteiger partial charge < -0.3 is 16.0 Å². The van der Waals surface area contributed by atoms with Crippen molar-refractivity contribution in [1.29, 1.82) is 0 Å². The third-order valence-electron chi connectivity index (χ3n) is 2.78. The zero-order valence-corrected chi connectivity index (χ0v) is 9.97. The largest absolute Gasteiger partial charge is 0.368 e. The molecule has 6 heteroatoms. The number of carbonyl (C=O) groups is 3. The lowest BCUT2D eigenvalue weighted by atomic mass is 10.1. The molecule has 0 aliphatic carbocycles. The fourth-order valence-corrected chi connectivity index (χ4v) is 1.84. The number of likely N-dealkylation sites (tertiary alicyclic amines) is 1. The van der Waals surface area contributed by atoms with Crippen LogP contribution >= 0.6 is 0 Å². The maximum atomic E-state index is 11.8. The van der Waals surface area contributed by atoms with E-state index in [2.05, 4.69) is 5.32 Å². The Labute approximate surface area is 99.8 Å². The molecule has 1 saturated heterocycles.